The zero-order valence-corrected chi connectivity index (χ0v) is 10.1. The van der Waals surface area contributed by atoms with Crippen molar-refractivity contribution in [1.82, 2.24) is 0 Å². The highest BCUT2D eigenvalue weighted by molar-refractivity contribution is 5.19. The lowest BCUT2D eigenvalue weighted by Crippen LogP contribution is -2.30. The van der Waals surface area contributed by atoms with Crippen LogP contribution in [0.2, 0.25) is 0 Å². The molecule has 0 aromatic heterocycles. The van der Waals surface area contributed by atoms with Crippen LogP contribution in [-0.2, 0) is 6.42 Å². The summed E-state index contributed by atoms with van der Waals surface area (Å²) in [7, 11) is 0. The number of benzene rings is 1. The average molecular weight is 227 g/mol. The summed E-state index contributed by atoms with van der Waals surface area (Å²) in [6.07, 6.45) is 0.548. The van der Waals surface area contributed by atoms with E-state index in [0.717, 1.165) is 6.07 Å². The maximum Gasteiger partial charge on any atom is 0.129 e. The van der Waals surface area contributed by atoms with Gasteiger partial charge in [-0.3, -0.25) is 0 Å². The van der Waals surface area contributed by atoms with E-state index < -0.39 is 11.6 Å². The molecule has 0 aliphatic carbocycles. The lowest BCUT2D eigenvalue weighted by Gasteiger charge is -2.29. The van der Waals surface area contributed by atoms with Gasteiger partial charge in [-0.25, -0.2) is 8.78 Å². The van der Waals surface area contributed by atoms with E-state index >= 15 is 0 Å². The Morgan fingerprint density at radius 1 is 1.25 bits per heavy atom. The number of rotatable bonds is 3. The zero-order valence-electron chi connectivity index (χ0n) is 10.1. The minimum Gasteiger partial charge on any atom is -0.330 e. The summed E-state index contributed by atoms with van der Waals surface area (Å²) < 4.78 is 26.2. The smallest absolute Gasteiger partial charge is 0.129 e. The van der Waals surface area contributed by atoms with Gasteiger partial charge in [-0.2, -0.15) is 0 Å². The molecule has 3 heteroatoms. The lowest BCUT2D eigenvalue weighted by molar-refractivity contribution is 0.244. The van der Waals surface area contributed by atoms with Gasteiger partial charge in [0, 0.05) is 6.07 Å². The van der Waals surface area contributed by atoms with Crippen molar-refractivity contribution in [1.29, 1.82) is 0 Å². The second-order valence-corrected chi connectivity index (χ2v) is 5.24. The lowest BCUT2D eigenvalue weighted by atomic mass is 9.77. The van der Waals surface area contributed by atoms with Gasteiger partial charge in [0.15, 0.2) is 0 Å². The Hall–Kier alpha value is -0.960. The Kier molecular flexibility index (Phi) is 4.03. The SMILES string of the molecule is CC(C)(C)C(CN)Cc1ccc(F)cc1F. The molecule has 2 N–H and O–H groups in total. The van der Waals surface area contributed by atoms with E-state index in [-0.39, 0.29) is 11.3 Å². The third-order valence-corrected chi connectivity index (χ3v) is 2.99. The molecule has 0 radical (unpaired) electrons. The summed E-state index contributed by atoms with van der Waals surface area (Å²) in [6, 6.07) is 3.71. The predicted molar refractivity (Wildman–Crippen MR) is 62.1 cm³/mol. The molecule has 0 amide bonds. The number of hydrogen-bond acceptors (Lipinski definition) is 1. The quantitative estimate of drug-likeness (QED) is 0.843. The van der Waals surface area contributed by atoms with Crippen LogP contribution < -0.4 is 5.73 Å². The maximum atomic E-state index is 13.5. The molecule has 1 nitrogen and oxygen atoms in total. The highest BCUT2D eigenvalue weighted by atomic mass is 19.1. The van der Waals surface area contributed by atoms with Gasteiger partial charge in [-0.1, -0.05) is 26.8 Å². The molecule has 1 rings (SSSR count). The summed E-state index contributed by atoms with van der Waals surface area (Å²) >= 11 is 0. The minimum absolute atomic E-state index is 0.0234. The first-order chi connectivity index (χ1) is 7.34. The molecule has 1 unspecified atom stereocenters. The Labute approximate surface area is 95.7 Å². The van der Waals surface area contributed by atoms with E-state index in [1.807, 2.05) is 0 Å². The second kappa shape index (κ2) is 4.91. The Bertz CT molecular complexity index is 355. The number of hydrogen-bond donors (Lipinski definition) is 1. The van der Waals surface area contributed by atoms with Crippen LogP contribution >= 0.6 is 0 Å². The standard InChI is InChI=1S/C13H19F2N/c1-13(2,3)10(8-16)6-9-4-5-11(14)7-12(9)15/h4-5,7,10H,6,8,16H2,1-3H3. The van der Waals surface area contributed by atoms with Crippen molar-refractivity contribution in [3.05, 3.63) is 35.4 Å². The van der Waals surface area contributed by atoms with Crippen molar-refractivity contribution >= 4 is 0 Å². The van der Waals surface area contributed by atoms with E-state index in [2.05, 4.69) is 20.8 Å². The molecule has 90 valence electrons. The van der Waals surface area contributed by atoms with Crippen LogP contribution in [0, 0.1) is 23.0 Å². The summed E-state index contributed by atoms with van der Waals surface area (Å²) in [5, 5.41) is 0. The first-order valence-corrected chi connectivity index (χ1v) is 5.48. The summed E-state index contributed by atoms with van der Waals surface area (Å²) in [6.45, 7) is 6.73. The van der Waals surface area contributed by atoms with Crippen LogP contribution in [0.25, 0.3) is 0 Å². The zero-order chi connectivity index (χ0) is 12.3. The third kappa shape index (κ3) is 3.27. The van der Waals surface area contributed by atoms with E-state index in [1.165, 1.54) is 12.1 Å². The van der Waals surface area contributed by atoms with Crippen molar-refractivity contribution < 1.29 is 8.78 Å². The fraction of sp³-hybridized carbons (Fsp3) is 0.538. The van der Waals surface area contributed by atoms with E-state index in [1.54, 1.807) is 0 Å². The largest absolute Gasteiger partial charge is 0.330 e. The van der Waals surface area contributed by atoms with Gasteiger partial charge in [0.2, 0.25) is 0 Å². The fourth-order valence-electron chi connectivity index (χ4n) is 1.70. The van der Waals surface area contributed by atoms with Gasteiger partial charge in [0.25, 0.3) is 0 Å². The van der Waals surface area contributed by atoms with Crippen LogP contribution in [0.3, 0.4) is 0 Å². The molecule has 0 saturated carbocycles. The van der Waals surface area contributed by atoms with Gasteiger partial charge in [0.05, 0.1) is 0 Å². The van der Waals surface area contributed by atoms with Crippen molar-refractivity contribution in [2.75, 3.05) is 6.54 Å². The normalized spacial score (nSPS) is 13.9. The van der Waals surface area contributed by atoms with E-state index in [0.29, 0.717) is 18.5 Å². The summed E-state index contributed by atoms with van der Waals surface area (Å²) in [5.41, 5.74) is 6.25. The van der Waals surface area contributed by atoms with Gasteiger partial charge in [-0.15, -0.1) is 0 Å². The first kappa shape index (κ1) is 13.1. The summed E-state index contributed by atoms with van der Waals surface area (Å²) in [4.78, 5) is 0. The average Bonchev–Trinajstić information content (AvgIpc) is 2.14. The third-order valence-electron chi connectivity index (χ3n) is 2.99. The maximum absolute atomic E-state index is 13.5. The van der Waals surface area contributed by atoms with Crippen LogP contribution in [0.15, 0.2) is 18.2 Å². The van der Waals surface area contributed by atoms with Gasteiger partial charge >= 0.3 is 0 Å². The van der Waals surface area contributed by atoms with Gasteiger partial charge in [0.1, 0.15) is 11.6 Å². The number of nitrogens with two attached hydrogens (primary N) is 1. The molecule has 0 spiro atoms. The molecule has 0 bridgehead atoms. The van der Waals surface area contributed by atoms with Crippen LogP contribution in [0.4, 0.5) is 8.78 Å². The molecule has 0 saturated heterocycles. The molecule has 0 fully saturated rings. The molecular weight excluding hydrogens is 208 g/mol. The molecule has 1 aromatic rings. The van der Waals surface area contributed by atoms with Crippen molar-refractivity contribution in [2.24, 2.45) is 17.1 Å². The molecule has 0 aliphatic rings. The molecule has 1 aromatic carbocycles. The molecule has 1 atom stereocenters. The topological polar surface area (TPSA) is 26.0 Å². The molecule has 0 heterocycles. The highest BCUT2D eigenvalue weighted by Gasteiger charge is 2.24. The van der Waals surface area contributed by atoms with E-state index in [4.69, 9.17) is 5.73 Å². The Balaban J connectivity index is 2.86. The number of halogens is 2. The van der Waals surface area contributed by atoms with Crippen molar-refractivity contribution in [3.63, 3.8) is 0 Å². The van der Waals surface area contributed by atoms with Gasteiger partial charge in [-0.05, 0) is 35.9 Å². The second-order valence-electron chi connectivity index (χ2n) is 5.24. The first-order valence-electron chi connectivity index (χ1n) is 5.48. The highest BCUT2D eigenvalue weighted by Crippen LogP contribution is 2.29. The van der Waals surface area contributed by atoms with Crippen molar-refractivity contribution in [2.45, 2.75) is 27.2 Å². The fourth-order valence-corrected chi connectivity index (χ4v) is 1.70. The van der Waals surface area contributed by atoms with Crippen LogP contribution in [0.1, 0.15) is 26.3 Å². The molecular formula is C13H19F2N. The van der Waals surface area contributed by atoms with Gasteiger partial charge < -0.3 is 5.73 Å². The van der Waals surface area contributed by atoms with Crippen LogP contribution in [-0.4, -0.2) is 6.54 Å². The predicted octanol–water partition coefficient (Wildman–Crippen LogP) is 3.13. The monoisotopic (exact) mass is 227 g/mol. The van der Waals surface area contributed by atoms with Crippen LogP contribution in [0.5, 0.6) is 0 Å². The molecule has 16 heavy (non-hydrogen) atoms. The minimum atomic E-state index is -0.540. The van der Waals surface area contributed by atoms with E-state index in [9.17, 15) is 8.78 Å². The Morgan fingerprint density at radius 2 is 1.88 bits per heavy atom. The van der Waals surface area contributed by atoms with Crippen molar-refractivity contribution in [3.8, 4) is 0 Å². The molecule has 0 aliphatic heterocycles. The summed E-state index contributed by atoms with van der Waals surface area (Å²) in [5.74, 6) is -0.837. The Morgan fingerprint density at radius 3 is 2.31 bits per heavy atom.